The van der Waals surface area contributed by atoms with Gasteiger partial charge in [-0.25, -0.2) is 9.18 Å². The molecular formula is C22H24ClFN2O5. The van der Waals surface area contributed by atoms with Gasteiger partial charge in [0.1, 0.15) is 23.7 Å². The topological polar surface area (TPSA) is 93.7 Å². The Morgan fingerprint density at radius 3 is 2.26 bits per heavy atom. The van der Waals surface area contributed by atoms with Gasteiger partial charge in [0.05, 0.1) is 19.2 Å². The molecule has 7 nitrogen and oxygen atoms in total. The summed E-state index contributed by atoms with van der Waals surface area (Å²) in [7, 11) is 2.69. The number of halogens is 2. The minimum absolute atomic E-state index is 0.0471. The quantitative estimate of drug-likeness (QED) is 0.572. The first-order valence-corrected chi connectivity index (χ1v) is 9.83. The fraction of sp³-hybridized carbons (Fsp3) is 0.318. The van der Waals surface area contributed by atoms with Crippen LogP contribution in [-0.4, -0.2) is 44.1 Å². The van der Waals surface area contributed by atoms with Crippen molar-refractivity contribution in [1.82, 2.24) is 10.6 Å². The van der Waals surface area contributed by atoms with Crippen molar-refractivity contribution in [3.05, 3.63) is 64.4 Å². The summed E-state index contributed by atoms with van der Waals surface area (Å²) in [5.41, 5.74) is 1.19. The normalized spacial score (nSPS) is 12.4. The van der Waals surface area contributed by atoms with Crippen molar-refractivity contribution in [2.45, 2.75) is 31.8 Å². The summed E-state index contributed by atoms with van der Waals surface area (Å²) in [6.45, 7) is 1.27. The van der Waals surface area contributed by atoms with E-state index in [0.717, 1.165) is 0 Å². The number of ether oxygens (including phenoxy) is 2. The molecule has 2 rings (SSSR count). The SMILES string of the molecule is COC(=O)[C@H](Cc1ccc(OC)c(Cl)c1)NC(=O)[C@H](Cc1cccc(F)c1)NC(C)=O. The van der Waals surface area contributed by atoms with E-state index in [1.165, 1.54) is 39.3 Å². The van der Waals surface area contributed by atoms with Crippen LogP contribution in [0.3, 0.4) is 0 Å². The number of nitrogens with one attached hydrogen (secondary N) is 2. The lowest BCUT2D eigenvalue weighted by molar-refractivity contribution is -0.145. The summed E-state index contributed by atoms with van der Waals surface area (Å²) in [5, 5.41) is 5.50. The van der Waals surface area contributed by atoms with E-state index in [9.17, 15) is 18.8 Å². The molecule has 0 bridgehead atoms. The van der Waals surface area contributed by atoms with Crippen LogP contribution in [0.4, 0.5) is 4.39 Å². The van der Waals surface area contributed by atoms with Crippen LogP contribution in [0.15, 0.2) is 42.5 Å². The second-order valence-corrected chi connectivity index (χ2v) is 7.25. The maximum Gasteiger partial charge on any atom is 0.328 e. The lowest BCUT2D eigenvalue weighted by atomic mass is 10.0. The van der Waals surface area contributed by atoms with Gasteiger partial charge in [-0.3, -0.25) is 9.59 Å². The molecule has 0 heterocycles. The third-order valence-corrected chi connectivity index (χ3v) is 4.78. The van der Waals surface area contributed by atoms with Gasteiger partial charge in [0.25, 0.3) is 0 Å². The number of carbonyl (C=O) groups excluding carboxylic acids is 3. The number of rotatable bonds is 9. The Labute approximate surface area is 184 Å². The van der Waals surface area contributed by atoms with E-state index in [4.69, 9.17) is 21.1 Å². The van der Waals surface area contributed by atoms with Crippen LogP contribution in [0.5, 0.6) is 5.75 Å². The molecule has 2 aromatic carbocycles. The fourth-order valence-corrected chi connectivity index (χ4v) is 3.31. The zero-order valence-electron chi connectivity index (χ0n) is 17.4. The van der Waals surface area contributed by atoms with Gasteiger partial charge in [0.15, 0.2) is 0 Å². The standard InChI is InChI=1S/C22H24ClFN2O5/c1-13(27)25-18(11-14-5-4-6-16(24)9-14)21(28)26-19(22(29)31-3)12-15-7-8-20(30-2)17(23)10-15/h4-10,18-19H,11-12H2,1-3H3,(H,25,27)(H,26,28)/t18-,19-/m0/s1. The number of carbonyl (C=O) groups is 3. The lowest BCUT2D eigenvalue weighted by Crippen LogP contribution is -2.53. The average molecular weight is 451 g/mol. The highest BCUT2D eigenvalue weighted by Gasteiger charge is 2.27. The second-order valence-electron chi connectivity index (χ2n) is 6.84. The Bertz CT molecular complexity index is 953. The van der Waals surface area contributed by atoms with Crippen molar-refractivity contribution in [3.63, 3.8) is 0 Å². The molecule has 0 aliphatic carbocycles. The predicted octanol–water partition coefficient (Wildman–Crippen LogP) is 2.44. The molecule has 0 unspecified atom stereocenters. The van der Waals surface area contributed by atoms with Crippen molar-refractivity contribution in [3.8, 4) is 5.75 Å². The maximum absolute atomic E-state index is 13.5. The van der Waals surface area contributed by atoms with Gasteiger partial charge in [-0.05, 0) is 35.4 Å². The molecule has 0 aliphatic rings. The molecule has 9 heteroatoms. The zero-order valence-corrected chi connectivity index (χ0v) is 18.2. The number of hydrogen-bond donors (Lipinski definition) is 2. The highest BCUT2D eigenvalue weighted by molar-refractivity contribution is 6.32. The smallest absolute Gasteiger partial charge is 0.328 e. The summed E-state index contributed by atoms with van der Waals surface area (Å²) in [5.74, 6) is -1.68. The summed E-state index contributed by atoms with van der Waals surface area (Å²) in [4.78, 5) is 36.8. The molecule has 2 N–H and O–H groups in total. The van der Waals surface area contributed by atoms with E-state index in [1.807, 2.05) is 0 Å². The summed E-state index contributed by atoms with van der Waals surface area (Å²) in [6, 6.07) is 8.67. The van der Waals surface area contributed by atoms with E-state index >= 15 is 0 Å². The largest absolute Gasteiger partial charge is 0.495 e. The van der Waals surface area contributed by atoms with Crippen LogP contribution in [0.1, 0.15) is 18.1 Å². The third kappa shape index (κ3) is 7.25. The van der Waals surface area contributed by atoms with Gasteiger partial charge in [-0.2, -0.15) is 0 Å². The molecular weight excluding hydrogens is 427 g/mol. The summed E-state index contributed by atoms with van der Waals surface area (Å²) in [6.07, 6.45) is 0.153. The third-order valence-electron chi connectivity index (χ3n) is 4.48. The number of esters is 1. The molecule has 0 radical (unpaired) electrons. The minimum Gasteiger partial charge on any atom is -0.495 e. The van der Waals surface area contributed by atoms with Crippen molar-refractivity contribution < 1.29 is 28.2 Å². The van der Waals surface area contributed by atoms with Crippen LogP contribution >= 0.6 is 11.6 Å². The van der Waals surface area contributed by atoms with Gasteiger partial charge in [-0.15, -0.1) is 0 Å². The van der Waals surface area contributed by atoms with Gasteiger partial charge in [0, 0.05) is 19.8 Å². The molecule has 0 aromatic heterocycles. The van der Waals surface area contributed by atoms with E-state index in [1.54, 1.807) is 24.3 Å². The minimum atomic E-state index is -1.02. The molecule has 31 heavy (non-hydrogen) atoms. The second kappa shape index (κ2) is 11.3. The highest BCUT2D eigenvalue weighted by Crippen LogP contribution is 2.25. The Balaban J connectivity index is 2.19. The number of methoxy groups -OCH3 is 2. The molecule has 166 valence electrons. The first-order valence-electron chi connectivity index (χ1n) is 9.45. The van der Waals surface area contributed by atoms with Crippen molar-refractivity contribution >= 4 is 29.4 Å². The molecule has 2 aromatic rings. The Morgan fingerprint density at radius 2 is 1.68 bits per heavy atom. The summed E-state index contributed by atoms with van der Waals surface area (Å²) < 4.78 is 23.4. The van der Waals surface area contributed by atoms with E-state index in [-0.39, 0.29) is 12.8 Å². The Kier molecular flexibility index (Phi) is 8.81. The van der Waals surface area contributed by atoms with Gasteiger partial charge in [0.2, 0.25) is 11.8 Å². The monoisotopic (exact) mass is 450 g/mol. The number of amides is 2. The Morgan fingerprint density at radius 1 is 1.00 bits per heavy atom. The molecule has 0 saturated heterocycles. The Hall–Kier alpha value is -3.13. The maximum atomic E-state index is 13.5. The van der Waals surface area contributed by atoms with Crippen LogP contribution in [0.2, 0.25) is 5.02 Å². The molecule has 2 amide bonds. The van der Waals surface area contributed by atoms with Crippen molar-refractivity contribution in [2.24, 2.45) is 0 Å². The number of benzene rings is 2. The summed E-state index contributed by atoms with van der Waals surface area (Å²) >= 11 is 6.14. The van der Waals surface area contributed by atoms with Crippen LogP contribution < -0.4 is 15.4 Å². The molecule has 0 aliphatic heterocycles. The molecule has 0 fully saturated rings. The molecule has 0 spiro atoms. The first-order chi connectivity index (χ1) is 14.7. The lowest BCUT2D eigenvalue weighted by Gasteiger charge is -2.22. The fourth-order valence-electron chi connectivity index (χ4n) is 3.03. The molecule has 0 saturated carbocycles. The van der Waals surface area contributed by atoms with Gasteiger partial charge >= 0.3 is 5.97 Å². The van der Waals surface area contributed by atoms with Crippen molar-refractivity contribution in [2.75, 3.05) is 14.2 Å². The van der Waals surface area contributed by atoms with Crippen LogP contribution in [0.25, 0.3) is 0 Å². The van der Waals surface area contributed by atoms with E-state index in [2.05, 4.69) is 10.6 Å². The number of hydrogen-bond acceptors (Lipinski definition) is 5. The average Bonchev–Trinajstić information content (AvgIpc) is 2.72. The first kappa shape index (κ1) is 24.1. The van der Waals surface area contributed by atoms with Gasteiger partial charge < -0.3 is 20.1 Å². The molecule has 2 atom stereocenters. The van der Waals surface area contributed by atoms with Crippen molar-refractivity contribution in [1.29, 1.82) is 0 Å². The van der Waals surface area contributed by atoms with Crippen LogP contribution in [-0.2, 0) is 32.0 Å². The van der Waals surface area contributed by atoms with Gasteiger partial charge in [-0.1, -0.05) is 29.8 Å². The highest BCUT2D eigenvalue weighted by atomic mass is 35.5. The zero-order chi connectivity index (χ0) is 23.0. The predicted molar refractivity (Wildman–Crippen MR) is 113 cm³/mol. The van der Waals surface area contributed by atoms with E-state index < -0.39 is 35.7 Å². The van der Waals surface area contributed by atoms with E-state index in [0.29, 0.717) is 21.9 Å². The van der Waals surface area contributed by atoms with Crippen LogP contribution in [0, 0.1) is 5.82 Å².